The molecule has 1 heterocycles. The normalized spacial score (nSPS) is 11.4. The van der Waals surface area contributed by atoms with E-state index in [1.807, 2.05) is 42.5 Å². The van der Waals surface area contributed by atoms with Crippen molar-refractivity contribution >= 4 is 28.5 Å². The van der Waals surface area contributed by atoms with E-state index in [9.17, 15) is 4.79 Å². The summed E-state index contributed by atoms with van der Waals surface area (Å²) in [6, 6.07) is 19.9. The van der Waals surface area contributed by atoms with Crippen LogP contribution in [0.25, 0.3) is 22.7 Å². The van der Waals surface area contributed by atoms with Crippen molar-refractivity contribution in [3.63, 3.8) is 0 Å². The molecule has 0 bridgehead atoms. The summed E-state index contributed by atoms with van der Waals surface area (Å²) >= 11 is 0. The van der Waals surface area contributed by atoms with Gasteiger partial charge < -0.3 is 18.6 Å². The fourth-order valence-electron chi connectivity index (χ4n) is 3.31. The summed E-state index contributed by atoms with van der Waals surface area (Å²) in [6.45, 7) is 0. The van der Waals surface area contributed by atoms with Gasteiger partial charge in [-0.2, -0.15) is 0 Å². The van der Waals surface area contributed by atoms with Crippen LogP contribution in [0.2, 0.25) is 0 Å². The number of carbonyl (C=O) groups excluding carboxylic acids is 1. The Balaban J connectivity index is 1.90. The van der Waals surface area contributed by atoms with Crippen molar-refractivity contribution in [2.45, 2.75) is 0 Å². The number of hydrogen-bond acceptors (Lipinski definition) is 6. The first-order chi connectivity index (χ1) is 15.1. The number of oxazole rings is 1. The Hall–Kier alpha value is -4.06. The number of ether oxygens (including phenoxy) is 3. The van der Waals surface area contributed by atoms with Crippen molar-refractivity contribution in [3.8, 4) is 17.2 Å². The number of Topliss-reactive ketones (excluding diaryl/α,β-unsaturated/α-hetero) is 1. The van der Waals surface area contributed by atoms with E-state index in [-0.39, 0.29) is 11.7 Å². The Bertz CT molecular complexity index is 1200. The highest BCUT2D eigenvalue weighted by Crippen LogP contribution is 2.39. The average Bonchev–Trinajstić information content (AvgIpc) is 3.25. The second kappa shape index (κ2) is 8.75. The Morgan fingerprint density at radius 1 is 0.871 bits per heavy atom. The van der Waals surface area contributed by atoms with Crippen molar-refractivity contribution in [3.05, 3.63) is 83.7 Å². The molecule has 4 rings (SSSR count). The highest BCUT2D eigenvalue weighted by molar-refractivity contribution is 6.31. The topological polar surface area (TPSA) is 70.8 Å². The number of benzene rings is 3. The summed E-state index contributed by atoms with van der Waals surface area (Å²) in [5.74, 6) is 1.47. The molecule has 0 aliphatic carbocycles. The highest BCUT2D eigenvalue weighted by Gasteiger charge is 2.21. The fraction of sp³-hybridized carbons (Fsp3) is 0.120. The second-order valence-electron chi connectivity index (χ2n) is 6.70. The van der Waals surface area contributed by atoms with Crippen LogP contribution >= 0.6 is 0 Å². The molecule has 6 heteroatoms. The molecule has 0 fully saturated rings. The smallest absolute Gasteiger partial charge is 0.231 e. The number of carbonyl (C=O) groups is 1. The lowest BCUT2D eigenvalue weighted by Crippen LogP contribution is -2.03. The molecule has 0 aliphatic rings. The number of ketones is 1. The van der Waals surface area contributed by atoms with Crippen LogP contribution in [-0.4, -0.2) is 32.1 Å². The van der Waals surface area contributed by atoms with Crippen LogP contribution in [0.15, 0.2) is 71.1 Å². The van der Waals surface area contributed by atoms with Crippen molar-refractivity contribution in [1.82, 2.24) is 4.98 Å². The van der Waals surface area contributed by atoms with E-state index in [1.54, 1.807) is 51.7 Å². The van der Waals surface area contributed by atoms with Crippen molar-refractivity contribution in [1.29, 1.82) is 0 Å². The van der Waals surface area contributed by atoms with E-state index >= 15 is 0 Å². The van der Waals surface area contributed by atoms with Gasteiger partial charge in [0.1, 0.15) is 5.52 Å². The van der Waals surface area contributed by atoms with E-state index in [2.05, 4.69) is 4.98 Å². The molecular weight excluding hydrogens is 394 g/mol. The molecule has 3 aromatic carbocycles. The summed E-state index contributed by atoms with van der Waals surface area (Å²) < 4.78 is 22.2. The maximum atomic E-state index is 13.4. The third kappa shape index (κ3) is 4.00. The number of methoxy groups -OCH3 is 3. The third-order valence-corrected chi connectivity index (χ3v) is 4.80. The van der Waals surface area contributed by atoms with Crippen molar-refractivity contribution in [2.75, 3.05) is 21.3 Å². The van der Waals surface area contributed by atoms with Crippen LogP contribution in [0, 0.1) is 0 Å². The number of nitrogens with zero attached hydrogens (tertiary/aromatic N) is 1. The molecule has 0 amide bonds. The predicted molar refractivity (Wildman–Crippen MR) is 119 cm³/mol. The van der Waals surface area contributed by atoms with Gasteiger partial charge in [0.2, 0.25) is 11.6 Å². The molecule has 0 saturated carbocycles. The molecule has 0 spiro atoms. The third-order valence-electron chi connectivity index (χ3n) is 4.80. The van der Waals surface area contributed by atoms with Gasteiger partial charge in [-0.25, -0.2) is 4.98 Å². The lowest BCUT2D eigenvalue weighted by atomic mass is 10.0. The zero-order chi connectivity index (χ0) is 21.8. The van der Waals surface area contributed by atoms with E-state index in [4.69, 9.17) is 18.6 Å². The lowest BCUT2D eigenvalue weighted by molar-refractivity contribution is 0.105. The molecule has 0 aliphatic heterocycles. The predicted octanol–water partition coefficient (Wildman–Crippen LogP) is 5.28. The average molecular weight is 415 g/mol. The molecule has 4 aromatic rings. The molecule has 31 heavy (non-hydrogen) atoms. The van der Waals surface area contributed by atoms with Gasteiger partial charge in [0.25, 0.3) is 0 Å². The number of para-hydroxylation sites is 2. The van der Waals surface area contributed by atoms with Crippen LogP contribution < -0.4 is 14.2 Å². The van der Waals surface area contributed by atoms with E-state index in [0.717, 1.165) is 0 Å². The summed E-state index contributed by atoms with van der Waals surface area (Å²) in [5, 5.41) is 0. The van der Waals surface area contributed by atoms with E-state index < -0.39 is 0 Å². The Labute approximate surface area is 179 Å². The van der Waals surface area contributed by atoms with Crippen LogP contribution in [0.3, 0.4) is 0 Å². The zero-order valence-electron chi connectivity index (χ0n) is 17.4. The molecule has 1 aromatic heterocycles. The molecule has 0 radical (unpaired) electrons. The van der Waals surface area contributed by atoms with Crippen LogP contribution in [0.1, 0.15) is 21.8 Å². The minimum atomic E-state index is -0.207. The quantitative estimate of drug-likeness (QED) is 0.302. The van der Waals surface area contributed by atoms with Crippen LogP contribution in [-0.2, 0) is 0 Å². The van der Waals surface area contributed by atoms with Crippen LogP contribution in [0.4, 0.5) is 0 Å². The molecular formula is C25H21NO5. The van der Waals surface area contributed by atoms with Crippen molar-refractivity contribution in [2.24, 2.45) is 0 Å². The first-order valence-electron chi connectivity index (χ1n) is 9.62. The number of rotatable bonds is 7. The molecule has 0 saturated heterocycles. The van der Waals surface area contributed by atoms with Gasteiger partial charge in [0.15, 0.2) is 22.9 Å². The van der Waals surface area contributed by atoms with E-state index in [1.165, 1.54) is 0 Å². The fourth-order valence-corrected chi connectivity index (χ4v) is 3.31. The van der Waals surface area contributed by atoms with Gasteiger partial charge >= 0.3 is 0 Å². The van der Waals surface area contributed by atoms with Gasteiger partial charge in [0.05, 0.1) is 26.9 Å². The maximum absolute atomic E-state index is 13.4. The SMILES string of the molecule is COc1cc(/C=C(/C(=O)c2ccccc2)c2nc3ccccc3o2)cc(OC)c1OC. The largest absolute Gasteiger partial charge is 0.493 e. The lowest BCUT2D eigenvalue weighted by Gasteiger charge is -2.13. The summed E-state index contributed by atoms with van der Waals surface area (Å²) in [7, 11) is 4.63. The van der Waals surface area contributed by atoms with Gasteiger partial charge in [-0.15, -0.1) is 0 Å². The minimum Gasteiger partial charge on any atom is -0.493 e. The number of allylic oxidation sites excluding steroid dienone is 1. The number of aromatic nitrogens is 1. The first-order valence-corrected chi connectivity index (χ1v) is 9.62. The Kier molecular flexibility index (Phi) is 5.71. The summed E-state index contributed by atoms with van der Waals surface area (Å²) in [5.41, 5.74) is 2.81. The minimum absolute atomic E-state index is 0.207. The monoisotopic (exact) mass is 415 g/mol. The first kappa shape index (κ1) is 20.2. The van der Waals surface area contributed by atoms with Gasteiger partial charge in [-0.1, -0.05) is 42.5 Å². The zero-order valence-corrected chi connectivity index (χ0v) is 17.4. The Morgan fingerprint density at radius 3 is 2.13 bits per heavy atom. The Morgan fingerprint density at radius 2 is 1.52 bits per heavy atom. The second-order valence-corrected chi connectivity index (χ2v) is 6.70. The molecule has 0 atom stereocenters. The molecule has 156 valence electrons. The summed E-state index contributed by atoms with van der Waals surface area (Å²) in [6.07, 6.45) is 1.71. The molecule has 0 unspecified atom stereocenters. The standard InChI is InChI=1S/C25H21NO5/c1-28-21-14-16(15-22(29-2)24(21)30-3)13-18(23(27)17-9-5-4-6-10-17)25-26-19-11-7-8-12-20(19)31-25/h4-15H,1-3H3/b18-13-. The van der Waals surface area contributed by atoms with Crippen molar-refractivity contribution < 1.29 is 23.4 Å². The number of hydrogen-bond donors (Lipinski definition) is 0. The molecule has 0 N–H and O–H groups in total. The number of fused-ring (bicyclic) bond motifs is 1. The molecule has 6 nitrogen and oxygen atoms in total. The van der Waals surface area contributed by atoms with Crippen LogP contribution in [0.5, 0.6) is 17.2 Å². The highest BCUT2D eigenvalue weighted by atomic mass is 16.5. The maximum Gasteiger partial charge on any atom is 0.231 e. The van der Waals surface area contributed by atoms with Gasteiger partial charge in [-0.05, 0) is 35.9 Å². The van der Waals surface area contributed by atoms with Gasteiger partial charge in [0, 0.05) is 5.56 Å². The van der Waals surface area contributed by atoms with Gasteiger partial charge in [-0.3, -0.25) is 4.79 Å². The summed E-state index contributed by atoms with van der Waals surface area (Å²) in [4.78, 5) is 17.9. The van der Waals surface area contributed by atoms with E-state index in [0.29, 0.717) is 45.0 Å².